The molecule has 1 atom stereocenters. The minimum absolute atomic E-state index is 0.152. The van der Waals surface area contributed by atoms with Gasteiger partial charge in [-0.05, 0) is 44.6 Å². The summed E-state index contributed by atoms with van der Waals surface area (Å²) in [6.45, 7) is 0. The second-order valence-electron chi connectivity index (χ2n) is 3.44. The van der Waals surface area contributed by atoms with Gasteiger partial charge >= 0.3 is 0 Å². The highest BCUT2D eigenvalue weighted by Crippen LogP contribution is 2.35. The van der Waals surface area contributed by atoms with Crippen LogP contribution in [0.15, 0.2) is 33.4 Å². The number of rotatable bonds is 3. The Hall–Kier alpha value is -0.100. The zero-order valence-corrected chi connectivity index (χ0v) is 12.5. The topological polar surface area (TPSA) is 38.0 Å². The molecule has 0 fully saturated rings. The molecule has 2 nitrogen and oxygen atoms in total. The molecule has 0 saturated heterocycles. The van der Waals surface area contributed by atoms with Gasteiger partial charge in [0.15, 0.2) is 0 Å². The molecule has 0 radical (unpaired) electrons. The Bertz CT molecular complexity index is 530. The van der Waals surface area contributed by atoms with Gasteiger partial charge in [0.05, 0.1) is 6.04 Å². The predicted molar refractivity (Wildman–Crippen MR) is 77.6 cm³/mol. The SMILES string of the molecule is NNC(c1ccc(Cl)cc1Cl)c1cscc1Br. The summed E-state index contributed by atoms with van der Waals surface area (Å²) >= 11 is 17.1. The van der Waals surface area contributed by atoms with E-state index < -0.39 is 0 Å². The maximum Gasteiger partial charge on any atom is 0.0743 e. The maximum absolute atomic E-state index is 6.18. The summed E-state index contributed by atoms with van der Waals surface area (Å²) < 4.78 is 1.01. The normalized spacial score (nSPS) is 12.7. The summed E-state index contributed by atoms with van der Waals surface area (Å²) in [6.07, 6.45) is 0. The van der Waals surface area contributed by atoms with Crippen molar-refractivity contribution >= 4 is 50.5 Å². The number of thiophene rings is 1. The summed E-state index contributed by atoms with van der Waals surface area (Å²) in [5.74, 6) is 5.61. The lowest BCUT2D eigenvalue weighted by atomic mass is 10.0. The first-order valence-corrected chi connectivity index (χ1v) is 7.25. The fourth-order valence-corrected chi connectivity index (χ4v) is 3.65. The largest absolute Gasteiger partial charge is 0.271 e. The molecule has 1 aromatic heterocycles. The lowest BCUT2D eigenvalue weighted by molar-refractivity contribution is 0.637. The van der Waals surface area contributed by atoms with E-state index in [-0.39, 0.29) is 6.04 Å². The quantitative estimate of drug-likeness (QED) is 0.636. The van der Waals surface area contributed by atoms with Crippen LogP contribution in [0.5, 0.6) is 0 Å². The maximum atomic E-state index is 6.18. The monoisotopic (exact) mass is 350 g/mol. The van der Waals surface area contributed by atoms with Crippen molar-refractivity contribution in [2.24, 2.45) is 5.84 Å². The lowest BCUT2D eigenvalue weighted by Gasteiger charge is -2.17. The van der Waals surface area contributed by atoms with E-state index in [1.165, 1.54) is 0 Å². The Balaban J connectivity index is 2.46. The Morgan fingerprint density at radius 3 is 2.53 bits per heavy atom. The van der Waals surface area contributed by atoms with Crippen molar-refractivity contribution in [2.75, 3.05) is 0 Å². The number of benzene rings is 1. The molecule has 0 bridgehead atoms. The third kappa shape index (κ3) is 2.84. The molecule has 3 N–H and O–H groups in total. The summed E-state index contributed by atoms with van der Waals surface area (Å²) in [5.41, 5.74) is 4.73. The zero-order chi connectivity index (χ0) is 12.4. The van der Waals surface area contributed by atoms with E-state index in [9.17, 15) is 0 Å². The van der Waals surface area contributed by atoms with Crippen molar-refractivity contribution < 1.29 is 0 Å². The van der Waals surface area contributed by atoms with Gasteiger partial charge in [-0.3, -0.25) is 5.84 Å². The number of hydrazine groups is 1. The summed E-state index contributed by atoms with van der Waals surface area (Å²) in [6, 6.07) is 5.23. The minimum atomic E-state index is -0.152. The van der Waals surface area contributed by atoms with Crippen molar-refractivity contribution in [1.82, 2.24) is 5.43 Å². The van der Waals surface area contributed by atoms with Crippen LogP contribution in [0.25, 0.3) is 0 Å². The van der Waals surface area contributed by atoms with Gasteiger partial charge in [0.2, 0.25) is 0 Å². The van der Waals surface area contributed by atoms with Crippen molar-refractivity contribution in [3.63, 3.8) is 0 Å². The third-order valence-corrected chi connectivity index (χ3v) is 4.71. The van der Waals surface area contributed by atoms with E-state index >= 15 is 0 Å². The third-order valence-electron chi connectivity index (χ3n) is 2.39. The highest BCUT2D eigenvalue weighted by Gasteiger charge is 2.18. The first-order chi connectivity index (χ1) is 8.13. The molecule has 1 aromatic carbocycles. The van der Waals surface area contributed by atoms with Gasteiger partial charge in [0, 0.05) is 19.9 Å². The molecule has 0 amide bonds. The highest BCUT2D eigenvalue weighted by molar-refractivity contribution is 9.10. The number of halogens is 3. The van der Waals surface area contributed by atoms with Crippen LogP contribution >= 0.6 is 50.5 Å². The second kappa shape index (κ2) is 5.69. The van der Waals surface area contributed by atoms with E-state index in [0.29, 0.717) is 10.0 Å². The van der Waals surface area contributed by atoms with Gasteiger partial charge in [-0.25, -0.2) is 5.43 Å². The minimum Gasteiger partial charge on any atom is -0.271 e. The molecule has 2 rings (SSSR count). The Labute approximate surface area is 122 Å². The molecule has 0 saturated carbocycles. The van der Waals surface area contributed by atoms with Crippen molar-refractivity contribution in [2.45, 2.75) is 6.04 Å². The number of hydrogen-bond acceptors (Lipinski definition) is 3. The van der Waals surface area contributed by atoms with Crippen LogP contribution in [0.2, 0.25) is 10.0 Å². The zero-order valence-electron chi connectivity index (χ0n) is 8.58. The van der Waals surface area contributed by atoms with Crippen LogP contribution in [0.3, 0.4) is 0 Å². The molecule has 90 valence electrons. The molecule has 0 aliphatic rings. The van der Waals surface area contributed by atoms with Crippen LogP contribution in [-0.2, 0) is 0 Å². The molecule has 0 aliphatic carbocycles. The molecule has 0 aliphatic heterocycles. The highest BCUT2D eigenvalue weighted by atomic mass is 79.9. The van der Waals surface area contributed by atoms with Crippen LogP contribution in [-0.4, -0.2) is 0 Å². The molecular formula is C11H9BrCl2N2S. The molecular weight excluding hydrogens is 343 g/mol. The molecule has 17 heavy (non-hydrogen) atoms. The summed E-state index contributed by atoms with van der Waals surface area (Å²) in [5, 5.41) is 5.24. The van der Waals surface area contributed by atoms with Crippen molar-refractivity contribution in [1.29, 1.82) is 0 Å². The molecule has 1 heterocycles. The average molecular weight is 352 g/mol. The first-order valence-electron chi connectivity index (χ1n) is 4.76. The first kappa shape index (κ1) is 13.3. The van der Waals surface area contributed by atoms with Crippen molar-refractivity contribution in [3.8, 4) is 0 Å². The van der Waals surface area contributed by atoms with Crippen LogP contribution in [0.4, 0.5) is 0 Å². The van der Waals surface area contributed by atoms with Crippen LogP contribution in [0, 0.1) is 0 Å². The van der Waals surface area contributed by atoms with Gasteiger partial charge in [-0.2, -0.15) is 11.3 Å². The van der Waals surface area contributed by atoms with Crippen LogP contribution < -0.4 is 11.3 Å². The van der Waals surface area contributed by atoms with Gasteiger partial charge in [-0.1, -0.05) is 29.3 Å². The smallest absolute Gasteiger partial charge is 0.0743 e. The predicted octanol–water partition coefficient (Wildman–Crippen LogP) is 4.37. The van der Waals surface area contributed by atoms with E-state index in [1.54, 1.807) is 23.5 Å². The number of hydrogen-bond donors (Lipinski definition) is 2. The summed E-state index contributed by atoms with van der Waals surface area (Å²) in [7, 11) is 0. The fourth-order valence-electron chi connectivity index (χ4n) is 1.58. The lowest BCUT2D eigenvalue weighted by Crippen LogP contribution is -2.29. The number of nitrogens with one attached hydrogen (secondary N) is 1. The standard InChI is InChI=1S/C11H9BrCl2N2S/c12-9-5-17-4-8(9)11(16-15)7-2-1-6(13)3-10(7)14/h1-5,11,16H,15H2. The van der Waals surface area contributed by atoms with Crippen LogP contribution in [0.1, 0.15) is 17.2 Å². The van der Waals surface area contributed by atoms with Gasteiger partial charge in [0.25, 0.3) is 0 Å². The van der Waals surface area contributed by atoms with E-state index in [4.69, 9.17) is 29.0 Å². The van der Waals surface area contributed by atoms with Gasteiger partial charge in [-0.15, -0.1) is 0 Å². The van der Waals surface area contributed by atoms with E-state index in [2.05, 4.69) is 21.4 Å². The number of nitrogens with two attached hydrogens (primary N) is 1. The summed E-state index contributed by atoms with van der Waals surface area (Å²) in [4.78, 5) is 0. The molecule has 1 unspecified atom stereocenters. The average Bonchev–Trinajstić information content (AvgIpc) is 2.69. The Morgan fingerprint density at radius 2 is 2.00 bits per heavy atom. The Morgan fingerprint density at radius 1 is 1.24 bits per heavy atom. The van der Waals surface area contributed by atoms with E-state index in [0.717, 1.165) is 15.6 Å². The van der Waals surface area contributed by atoms with Gasteiger partial charge < -0.3 is 0 Å². The van der Waals surface area contributed by atoms with E-state index in [1.807, 2.05) is 16.8 Å². The fraction of sp³-hybridized carbons (Fsp3) is 0.0909. The van der Waals surface area contributed by atoms with Gasteiger partial charge in [0.1, 0.15) is 0 Å². The second-order valence-corrected chi connectivity index (χ2v) is 5.88. The molecule has 0 spiro atoms. The Kier molecular flexibility index (Phi) is 4.47. The van der Waals surface area contributed by atoms with Crippen molar-refractivity contribution in [3.05, 3.63) is 54.6 Å². The molecule has 2 aromatic rings. The molecule has 6 heteroatoms.